The smallest absolute Gasteiger partial charge is 0.317 e. The van der Waals surface area contributed by atoms with Gasteiger partial charge in [-0.25, -0.2) is 14.8 Å². The fourth-order valence-corrected chi connectivity index (χ4v) is 4.93. The number of rotatable bonds is 3. The van der Waals surface area contributed by atoms with Crippen LogP contribution >= 0.6 is 0 Å². The SMILES string of the molecule is CNC(=O)N1CCn2c(C3CC3)nc(-c3cccc4cc(N5CCOCC5)ncc34)c2C1. The number of anilines is 1. The third-order valence-electron chi connectivity index (χ3n) is 6.82. The molecular weight excluding hydrogens is 404 g/mol. The number of benzene rings is 1. The predicted octanol–water partition coefficient (Wildman–Crippen LogP) is 2.97. The molecule has 0 atom stereocenters. The number of carbonyl (C=O) groups is 1. The summed E-state index contributed by atoms with van der Waals surface area (Å²) in [5, 5.41) is 5.03. The molecule has 32 heavy (non-hydrogen) atoms. The highest BCUT2D eigenvalue weighted by molar-refractivity contribution is 5.97. The Labute approximate surface area is 187 Å². The largest absolute Gasteiger partial charge is 0.378 e. The van der Waals surface area contributed by atoms with Gasteiger partial charge in [0.2, 0.25) is 0 Å². The summed E-state index contributed by atoms with van der Waals surface area (Å²) in [6.07, 6.45) is 4.39. The number of amides is 2. The second-order valence-electron chi connectivity index (χ2n) is 8.84. The molecule has 0 bridgehead atoms. The number of nitrogens with zero attached hydrogens (tertiary/aromatic N) is 5. The average molecular weight is 433 g/mol. The van der Waals surface area contributed by atoms with Gasteiger partial charge in [-0.05, 0) is 24.3 Å². The molecule has 0 spiro atoms. The van der Waals surface area contributed by atoms with E-state index in [0.717, 1.165) is 66.4 Å². The van der Waals surface area contributed by atoms with Crippen LogP contribution < -0.4 is 10.2 Å². The van der Waals surface area contributed by atoms with E-state index in [9.17, 15) is 4.79 Å². The van der Waals surface area contributed by atoms with Crippen molar-refractivity contribution in [3.05, 3.63) is 42.0 Å². The first-order chi connectivity index (χ1) is 15.7. The lowest BCUT2D eigenvalue weighted by molar-refractivity contribution is 0.122. The lowest BCUT2D eigenvalue weighted by atomic mass is 10.0. The minimum atomic E-state index is -0.0360. The molecule has 2 fully saturated rings. The molecule has 0 unspecified atom stereocenters. The van der Waals surface area contributed by atoms with E-state index in [1.807, 2.05) is 11.1 Å². The van der Waals surface area contributed by atoms with Crippen LogP contribution in [0.2, 0.25) is 0 Å². The summed E-state index contributed by atoms with van der Waals surface area (Å²) in [4.78, 5) is 26.4. The second-order valence-corrected chi connectivity index (χ2v) is 8.84. The van der Waals surface area contributed by atoms with E-state index >= 15 is 0 Å². The lowest BCUT2D eigenvalue weighted by Gasteiger charge is -2.29. The average Bonchev–Trinajstić information content (AvgIpc) is 3.63. The molecule has 2 aromatic heterocycles. The number of hydrogen-bond acceptors (Lipinski definition) is 5. The molecule has 4 heterocycles. The first-order valence-corrected chi connectivity index (χ1v) is 11.5. The van der Waals surface area contributed by atoms with Crippen LogP contribution in [-0.2, 0) is 17.8 Å². The van der Waals surface area contributed by atoms with Gasteiger partial charge in [0.25, 0.3) is 0 Å². The van der Waals surface area contributed by atoms with Crippen LogP contribution in [0.5, 0.6) is 0 Å². The van der Waals surface area contributed by atoms with Gasteiger partial charge in [0, 0.05) is 56.3 Å². The highest BCUT2D eigenvalue weighted by Gasteiger charge is 2.34. The second kappa shape index (κ2) is 7.78. The van der Waals surface area contributed by atoms with Gasteiger partial charge in [0.15, 0.2) is 0 Å². The summed E-state index contributed by atoms with van der Waals surface area (Å²) in [5.74, 6) is 2.73. The molecule has 8 heteroatoms. The third-order valence-corrected chi connectivity index (χ3v) is 6.82. The van der Waals surface area contributed by atoms with Crippen LogP contribution in [0, 0.1) is 0 Å². The topological polar surface area (TPSA) is 75.5 Å². The Morgan fingerprint density at radius 3 is 2.78 bits per heavy atom. The van der Waals surface area contributed by atoms with Gasteiger partial charge in [0.05, 0.1) is 31.1 Å². The molecule has 8 nitrogen and oxygen atoms in total. The van der Waals surface area contributed by atoms with E-state index in [1.165, 1.54) is 18.7 Å². The van der Waals surface area contributed by atoms with Crippen molar-refractivity contribution in [2.75, 3.05) is 44.8 Å². The number of carbonyl (C=O) groups excluding carboxylic acids is 1. The Hall–Kier alpha value is -3.13. The maximum absolute atomic E-state index is 12.3. The van der Waals surface area contributed by atoms with E-state index < -0.39 is 0 Å². The fourth-order valence-electron chi connectivity index (χ4n) is 4.93. The number of nitrogens with one attached hydrogen (secondary N) is 1. The number of morpholine rings is 1. The summed E-state index contributed by atoms with van der Waals surface area (Å²) in [7, 11) is 1.69. The zero-order chi connectivity index (χ0) is 21.7. The van der Waals surface area contributed by atoms with E-state index in [0.29, 0.717) is 19.0 Å². The summed E-state index contributed by atoms with van der Waals surface area (Å²) in [6.45, 7) is 5.30. The lowest BCUT2D eigenvalue weighted by Crippen LogP contribution is -2.43. The van der Waals surface area contributed by atoms with Gasteiger partial charge >= 0.3 is 6.03 Å². The van der Waals surface area contributed by atoms with Crippen LogP contribution in [0.25, 0.3) is 22.0 Å². The quantitative estimate of drug-likeness (QED) is 0.689. The van der Waals surface area contributed by atoms with Crippen LogP contribution in [-0.4, -0.2) is 65.4 Å². The minimum absolute atomic E-state index is 0.0360. The molecule has 1 saturated carbocycles. The first-order valence-electron chi connectivity index (χ1n) is 11.5. The van der Waals surface area contributed by atoms with Crippen molar-refractivity contribution < 1.29 is 9.53 Å². The minimum Gasteiger partial charge on any atom is -0.378 e. The maximum Gasteiger partial charge on any atom is 0.317 e. The summed E-state index contributed by atoms with van der Waals surface area (Å²) < 4.78 is 7.85. The molecule has 3 aliphatic rings. The van der Waals surface area contributed by atoms with E-state index in [4.69, 9.17) is 14.7 Å². The van der Waals surface area contributed by atoms with E-state index in [1.54, 1.807) is 7.05 Å². The van der Waals surface area contributed by atoms with Gasteiger partial charge < -0.3 is 24.4 Å². The van der Waals surface area contributed by atoms with Gasteiger partial charge in [0.1, 0.15) is 11.6 Å². The number of imidazole rings is 1. The maximum atomic E-state index is 12.3. The van der Waals surface area contributed by atoms with E-state index in [2.05, 4.69) is 39.0 Å². The monoisotopic (exact) mass is 432 g/mol. The van der Waals surface area contributed by atoms with Crippen molar-refractivity contribution in [3.8, 4) is 11.3 Å². The molecule has 0 radical (unpaired) electrons. The first kappa shape index (κ1) is 19.5. The molecule has 1 aromatic carbocycles. The van der Waals surface area contributed by atoms with Crippen molar-refractivity contribution in [1.29, 1.82) is 0 Å². The molecule has 3 aromatic rings. The van der Waals surface area contributed by atoms with Gasteiger partial charge in [-0.15, -0.1) is 0 Å². The molecule has 6 rings (SSSR count). The Morgan fingerprint density at radius 2 is 2.00 bits per heavy atom. The molecular formula is C24H28N6O2. The predicted molar refractivity (Wildman–Crippen MR) is 123 cm³/mol. The van der Waals surface area contributed by atoms with Crippen molar-refractivity contribution in [2.24, 2.45) is 0 Å². The number of fused-ring (bicyclic) bond motifs is 2. The zero-order valence-electron chi connectivity index (χ0n) is 18.4. The molecule has 1 saturated heterocycles. The van der Waals surface area contributed by atoms with E-state index in [-0.39, 0.29) is 6.03 Å². The zero-order valence-corrected chi connectivity index (χ0v) is 18.4. The Bertz CT molecular complexity index is 1180. The van der Waals surface area contributed by atoms with Crippen LogP contribution in [0.4, 0.5) is 10.6 Å². The van der Waals surface area contributed by atoms with Crippen LogP contribution in [0.1, 0.15) is 30.3 Å². The molecule has 1 aliphatic carbocycles. The van der Waals surface area contributed by atoms with Crippen molar-refractivity contribution >= 4 is 22.6 Å². The Morgan fingerprint density at radius 1 is 1.16 bits per heavy atom. The van der Waals surface area contributed by atoms with Crippen molar-refractivity contribution in [1.82, 2.24) is 24.8 Å². The van der Waals surface area contributed by atoms with Crippen molar-refractivity contribution in [2.45, 2.75) is 31.8 Å². The Kier molecular flexibility index (Phi) is 4.75. The fraction of sp³-hybridized carbons (Fsp3) is 0.458. The molecule has 166 valence electrons. The van der Waals surface area contributed by atoms with Gasteiger partial charge in [-0.2, -0.15) is 0 Å². The highest BCUT2D eigenvalue weighted by atomic mass is 16.5. The summed E-state index contributed by atoms with van der Waals surface area (Å²) >= 11 is 0. The number of urea groups is 1. The van der Waals surface area contributed by atoms with Gasteiger partial charge in [-0.1, -0.05) is 18.2 Å². The number of pyridine rings is 1. The molecule has 2 amide bonds. The third kappa shape index (κ3) is 3.30. The number of aromatic nitrogens is 3. The number of hydrogen-bond donors (Lipinski definition) is 1. The molecule has 1 N–H and O–H groups in total. The number of ether oxygens (including phenoxy) is 1. The van der Waals surface area contributed by atoms with Crippen LogP contribution in [0.15, 0.2) is 30.5 Å². The Balaban J connectivity index is 1.44. The van der Waals surface area contributed by atoms with Gasteiger partial charge in [-0.3, -0.25) is 0 Å². The van der Waals surface area contributed by atoms with Crippen molar-refractivity contribution in [3.63, 3.8) is 0 Å². The van der Waals surface area contributed by atoms with Crippen LogP contribution in [0.3, 0.4) is 0 Å². The normalized spacial score (nSPS) is 18.7. The standard InChI is InChI=1S/C24H28N6O2/c1-25-24(31)29-7-8-30-20(15-29)22(27-23(30)16-5-6-16)18-4-2-3-17-13-21(26-14-19(17)18)28-9-11-32-12-10-28/h2-4,13-14,16H,5-12,15H2,1H3,(H,25,31). The summed E-state index contributed by atoms with van der Waals surface area (Å²) in [5.41, 5.74) is 3.22. The highest BCUT2D eigenvalue weighted by Crippen LogP contribution is 2.43. The molecule has 2 aliphatic heterocycles. The summed E-state index contributed by atoms with van der Waals surface area (Å²) in [6, 6.07) is 8.52.